The molecule has 198 valence electrons. The van der Waals surface area contributed by atoms with Gasteiger partial charge in [-0.2, -0.15) is 0 Å². The Morgan fingerprint density at radius 1 is 1.03 bits per heavy atom. The average molecular weight is 509 g/mol. The number of ketones is 1. The molecule has 2 aromatic carbocycles. The Bertz CT molecular complexity index is 1040. The Morgan fingerprint density at radius 2 is 1.73 bits per heavy atom. The second kappa shape index (κ2) is 12.9. The molecular weight excluding hydrogens is 470 g/mol. The van der Waals surface area contributed by atoms with Crippen LogP contribution in [0, 0.1) is 11.8 Å². The first-order valence-electron chi connectivity index (χ1n) is 13.4. The zero-order chi connectivity index (χ0) is 26.2. The van der Waals surface area contributed by atoms with Crippen molar-refractivity contribution in [2.75, 3.05) is 19.8 Å². The van der Waals surface area contributed by atoms with E-state index in [0.29, 0.717) is 60.3 Å². The minimum Gasteiger partial charge on any atom is -0.493 e. The lowest BCUT2D eigenvalue weighted by molar-refractivity contribution is -0.123. The number of carbonyl (C=O) groups excluding carboxylic acids is 2. The van der Waals surface area contributed by atoms with E-state index in [-0.39, 0.29) is 24.7 Å². The number of amides is 1. The van der Waals surface area contributed by atoms with E-state index in [2.05, 4.69) is 5.32 Å². The highest BCUT2D eigenvalue weighted by Crippen LogP contribution is 2.36. The van der Waals surface area contributed by atoms with Gasteiger partial charge in [0.1, 0.15) is 31.5 Å². The van der Waals surface area contributed by atoms with Crippen LogP contribution in [0.4, 0.5) is 0 Å². The van der Waals surface area contributed by atoms with E-state index in [0.717, 1.165) is 25.7 Å². The van der Waals surface area contributed by atoms with E-state index in [4.69, 9.17) is 14.2 Å². The molecule has 2 N–H and O–H groups in total. The van der Waals surface area contributed by atoms with Gasteiger partial charge in [0, 0.05) is 12.0 Å². The molecule has 0 radical (unpaired) electrons. The summed E-state index contributed by atoms with van der Waals surface area (Å²) in [5, 5.41) is 14.3. The Kier molecular flexibility index (Phi) is 9.34. The van der Waals surface area contributed by atoms with Gasteiger partial charge in [-0.25, -0.2) is 0 Å². The Morgan fingerprint density at radius 3 is 2.43 bits per heavy atom. The van der Waals surface area contributed by atoms with E-state index in [1.807, 2.05) is 26.0 Å². The summed E-state index contributed by atoms with van der Waals surface area (Å²) in [6.07, 6.45) is 4.85. The molecule has 1 amide bonds. The van der Waals surface area contributed by atoms with Crippen LogP contribution in [0.1, 0.15) is 80.8 Å². The molecule has 2 unspecified atom stereocenters. The zero-order valence-electron chi connectivity index (χ0n) is 21.8. The molecule has 1 aliphatic heterocycles. The Labute approximate surface area is 219 Å². The lowest BCUT2D eigenvalue weighted by Crippen LogP contribution is -2.40. The minimum atomic E-state index is -0.871. The van der Waals surface area contributed by atoms with Crippen molar-refractivity contribution in [3.63, 3.8) is 0 Å². The van der Waals surface area contributed by atoms with E-state index >= 15 is 0 Å². The molecule has 0 saturated heterocycles. The second-order valence-corrected chi connectivity index (χ2v) is 10.3. The number of rotatable bonds is 12. The van der Waals surface area contributed by atoms with Crippen LogP contribution in [0.3, 0.4) is 0 Å². The van der Waals surface area contributed by atoms with Crippen LogP contribution in [0.25, 0.3) is 0 Å². The summed E-state index contributed by atoms with van der Waals surface area (Å²) < 4.78 is 17.0. The number of ether oxygens (including phenoxy) is 3. The van der Waals surface area contributed by atoms with Crippen molar-refractivity contribution in [3.05, 3.63) is 59.5 Å². The molecule has 7 nitrogen and oxygen atoms in total. The summed E-state index contributed by atoms with van der Waals surface area (Å²) in [5.74, 6) is 3.53. The van der Waals surface area contributed by atoms with Crippen LogP contribution in [0.5, 0.6) is 17.2 Å². The minimum absolute atomic E-state index is 0.115. The Hall–Kier alpha value is -3.19. The number of hydrogen-bond donors (Lipinski definition) is 2. The Balaban J connectivity index is 1.32. The molecule has 0 aromatic heterocycles. The molecule has 1 fully saturated rings. The fourth-order valence-corrected chi connectivity index (χ4v) is 4.87. The van der Waals surface area contributed by atoms with Gasteiger partial charge in [-0.1, -0.05) is 19.9 Å². The van der Waals surface area contributed by atoms with Crippen molar-refractivity contribution in [2.45, 2.75) is 70.9 Å². The maximum Gasteiger partial charge on any atom is 0.223 e. The van der Waals surface area contributed by atoms with Crippen molar-refractivity contribution < 1.29 is 28.9 Å². The highest BCUT2D eigenvalue weighted by atomic mass is 16.6. The van der Waals surface area contributed by atoms with Crippen LogP contribution in [-0.4, -0.2) is 42.7 Å². The monoisotopic (exact) mass is 508 g/mol. The van der Waals surface area contributed by atoms with Crippen LogP contribution >= 0.6 is 0 Å². The standard InChI is InChI=1S/C30H37NO6/c1-20(2)17-26(32)22-7-10-24(11-8-22)35-14-13-29(33)31-25(18-21-5-3-4-6-21)30(34)23-9-12-27-28(19-23)37-16-15-36-27/h7-12,19-20,25,30,34H,3-6,13-18H2,1-2H3/p+1. The summed E-state index contributed by atoms with van der Waals surface area (Å²) in [7, 11) is 0. The van der Waals surface area contributed by atoms with Gasteiger partial charge in [0.05, 0.1) is 37.8 Å². The van der Waals surface area contributed by atoms with Crippen LogP contribution < -0.4 is 19.5 Å². The summed E-state index contributed by atoms with van der Waals surface area (Å²) >= 11 is 0. The topological polar surface area (TPSA) is 94.1 Å². The van der Waals surface area contributed by atoms with Crippen molar-refractivity contribution in [3.8, 4) is 17.2 Å². The number of hydrogen-bond acceptors (Lipinski definition) is 6. The molecule has 2 aromatic rings. The van der Waals surface area contributed by atoms with Crippen LogP contribution in [0.2, 0.25) is 0 Å². The van der Waals surface area contributed by atoms with Crippen LogP contribution in [0.15, 0.2) is 42.5 Å². The normalized spacial score (nSPS) is 16.4. The molecule has 1 saturated carbocycles. The van der Waals surface area contributed by atoms with Gasteiger partial charge in [0.25, 0.3) is 0 Å². The smallest absolute Gasteiger partial charge is 0.223 e. The molecule has 2 aliphatic rings. The summed E-state index contributed by atoms with van der Waals surface area (Å²) in [5.41, 5.74) is 1.36. The predicted molar refractivity (Wildman–Crippen MR) is 141 cm³/mol. The molecule has 2 atom stereocenters. The number of fused-ring (bicyclic) bond motifs is 1. The van der Waals surface area contributed by atoms with Gasteiger partial charge in [-0.15, -0.1) is 0 Å². The van der Waals surface area contributed by atoms with Crippen molar-refractivity contribution in [1.29, 1.82) is 0 Å². The fourth-order valence-electron chi connectivity index (χ4n) is 4.87. The molecule has 1 heterocycles. The maximum atomic E-state index is 12.8. The highest BCUT2D eigenvalue weighted by molar-refractivity contribution is 5.96. The van der Waals surface area contributed by atoms with E-state index in [1.54, 1.807) is 30.3 Å². The van der Waals surface area contributed by atoms with Gasteiger partial charge >= 0.3 is 0 Å². The number of benzene rings is 2. The lowest BCUT2D eigenvalue weighted by Gasteiger charge is -2.25. The maximum absolute atomic E-state index is 12.8. The quantitative estimate of drug-likeness (QED) is 0.302. The first-order chi connectivity index (χ1) is 17.9. The third-order valence-corrected chi connectivity index (χ3v) is 6.82. The first-order valence-corrected chi connectivity index (χ1v) is 13.4. The molecule has 1 aliphatic carbocycles. The van der Waals surface area contributed by atoms with Gasteiger partial charge < -0.3 is 24.6 Å². The molecule has 7 heteroatoms. The second-order valence-electron chi connectivity index (χ2n) is 10.3. The number of nitrogens with one attached hydrogen (secondary N) is 1. The fraction of sp³-hybridized carbons (Fsp3) is 0.500. The van der Waals surface area contributed by atoms with Gasteiger partial charge in [-0.3, -0.25) is 9.59 Å². The van der Waals surface area contributed by atoms with Crippen LogP contribution in [-0.2, 0) is 4.79 Å². The van der Waals surface area contributed by atoms with Crippen molar-refractivity contribution in [2.24, 2.45) is 5.92 Å². The SMILES string of the molecule is CC(C)CC(=O)c1ccc(OCCC(=O)NC(C[C+]2CCCC2)C(O)c2ccc3c(c2)OCCO3)cc1. The first kappa shape index (κ1) is 26.9. The lowest BCUT2D eigenvalue weighted by atomic mass is 9.91. The summed E-state index contributed by atoms with van der Waals surface area (Å²) in [6, 6.07) is 12.1. The molecular formula is C30H38NO6+. The van der Waals surface area contributed by atoms with E-state index in [1.165, 1.54) is 5.92 Å². The number of aliphatic hydroxyl groups excluding tert-OH is 1. The van der Waals surface area contributed by atoms with E-state index < -0.39 is 12.1 Å². The van der Waals surface area contributed by atoms with Gasteiger partial charge in [0.15, 0.2) is 17.3 Å². The number of aliphatic hydroxyl groups is 1. The summed E-state index contributed by atoms with van der Waals surface area (Å²) in [6.45, 7) is 5.23. The molecule has 0 bridgehead atoms. The third-order valence-electron chi connectivity index (χ3n) is 6.82. The molecule has 4 rings (SSSR count). The predicted octanol–water partition coefficient (Wildman–Crippen LogP) is 5.21. The summed E-state index contributed by atoms with van der Waals surface area (Å²) in [4.78, 5) is 25.0. The molecule has 37 heavy (non-hydrogen) atoms. The zero-order valence-corrected chi connectivity index (χ0v) is 21.8. The van der Waals surface area contributed by atoms with Crippen molar-refractivity contribution >= 4 is 11.7 Å². The van der Waals surface area contributed by atoms with Gasteiger partial charge in [0.2, 0.25) is 5.91 Å². The number of carbonyl (C=O) groups is 2. The number of Topliss-reactive ketones (excluding diaryl/α,β-unsaturated/α-hetero) is 1. The van der Waals surface area contributed by atoms with E-state index in [9.17, 15) is 14.7 Å². The molecule has 0 spiro atoms. The van der Waals surface area contributed by atoms with Gasteiger partial charge in [-0.05, 0) is 60.7 Å². The highest BCUT2D eigenvalue weighted by Gasteiger charge is 2.35. The third kappa shape index (κ3) is 7.65. The van der Waals surface area contributed by atoms with Crippen molar-refractivity contribution in [1.82, 2.24) is 5.32 Å². The largest absolute Gasteiger partial charge is 0.493 e. The average Bonchev–Trinajstić information content (AvgIpc) is 3.41.